The first-order valence-corrected chi connectivity index (χ1v) is 6.34. The van der Waals surface area contributed by atoms with Crippen LogP contribution in [0.25, 0.3) is 10.9 Å². The average Bonchev–Trinajstić information content (AvgIpc) is 2.45. The highest BCUT2D eigenvalue weighted by Gasteiger charge is 2.24. The number of nitrogens with zero attached hydrogens (tertiary/aromatic N) is 2. The van der Waals surface area contributed by atoms with Gasteiger partial charge in [0, 0.05) is 12.4 Å². The predicted molar refractivity (Wildman–Crippen MR) is 77.2 cm³/mol. The van der Waals surface area contributed by atoms with Crippen LogP contribution in [0.4, 0.5) is 5.82 Å². The minimum absolute atomic E-state index is 0.0244. The van der Waals surface area contributed by atoms with Crippen molar-refractivity contribution in [2.45, 2.75) is 26.0 Å². The molecule has 1 aromatic heterocycles. The van der Waals surface area contributed by atoms with Crippen molar-refractivity contribution in [3.8, 4) is 0 Å². The second-order valence-electron chi connectivity index (χ2n) is 5.34. The number of hydrogen-bond donors (Lipinski definition) is 2. The van der Waals surface area contributed by atoms with Crippen molar-refractivity contribution < 1.29 is 10.2 Å². The van der Waals surface area contributed by atoms with Crippen molar-refractivity contribution >= 4 is 16.7 Å². The first-order valence-electron chi connectivity index (χ1n) is 6.34. The molecule has 2 aromatic rings. The molecule has 19 heavy (non-hydrogen) atoms. The smallest absolute Gasteiger partial charge is 0.129 e. The van der Waals surface area contributed by atoms with Gasteiger partial charge >= 0.3 is 0 Å². The number of aliphatic hydroxyl groups excluding tert-OH is 2. The number of aromatic nitrogens is 1. The molecule has 0 aliphatic rings. The van der Waals surface area contributed by atoms with Gasteiger partial charge in [0.2, 0.25) is 0 Å². The van der Waals surface area contributed by atoms with Gasteiger partial charge in [0.05, 0.1) is 24.3 Å². The Kier molecular flexibility index (Phi) is 3.73. The number of pyridine rings is 1. The number of hydrogen-bond acceptors (Lipinski definition) is 4. The molecule has 0 saturated heterocycles. The minimum Gasteiger partial charge on any atom is -0.394 e. The van der Waals surface area contributed by atoms with Gasteiger partial charge in [-0.1, -0.05) is 18.2 Å². The molecule has 4 nitrogen and oxygen atoms in total. The molecule has 0 bridgehead atoms. The molecule has 1 aromatic carbocycles. The van der Waals surface area contributed by atoms with Crippen molar-refractivity contribution in [2.24, 2.45) is 0 Å². The van der Waals surface area contributed by atoms with E-state index in [0.717, 1.165) is 22.3 Å². The van der Waals surface area contributed by atoms with Gasteiger partial charge in [-0.3, -0.25) is 0 Å². The summed E-state index contributed by atoms with van der Waals surface area (Å²) in [5.41, 5.74) is 1.30. The van der Waals surface area contributed by atoms with Gasteiger partial charge in [0.25, 0.3) is 0 Å². The van der Waals surface area contributed by atoms with Gasteiger partial charge < -0.3 is 15.1 Å². The topological polar surface area (TPSA) is 56.6 Å². The SMILES string of the molecule is CN(c1cc(CO)c2ccccc2n1)C(C)(C)CO. The Morgan fingerprint density at radius 3 is 2.53 bits per heavy atom. The standard InChI is InChI=1S/C15H20N2O2/c1-15(2,10-19)17(3)14-8-11(9-18)12-6-4-5-7-13(12)16-14/h4-8,18-19H,9-10H2,1-3H3. The van der Waals surface area contributed by atoms with Crippen LogP contribution in [-0.2, 0) is 6.61 Å². The van der Waals surface area contributed by atoms with E-state index in [2.05, 4.69) is 4.98 Å². The summed E-state index contributed by atoms with van der Waals surface area (Å²) in [6.07, 6.45) is 0. The summed E-state index contributed by atoms with van der Waals surface area (Å²) in [5, 5.41) is 19.9. The summed E-state index contributed by atoms with van der Waals surface area (Å²) in [7, 11) is 1.90. The molecule has 0 saturated carbocycles. The number of likely N-dealkylation sites (N-methyl/N-ethyl adjacent to an activating group) is 1. The fraction of sp³-hybridized carbons (Fsp3) is 0.400. The molecule has 1 heterocycles. The molecule has 0 atom stereocenters. The van der Waals surface area contributed by atoms with Crippen LogP contribution >= 0.6 is 0 Å². The van der Waals surface area contributed by atoms with Crippen LogP contribution in [0.2, 0.25) is 0 Å². The minimum atomic E-state index is -0.401. The second-order valence-corrected chi connectivity index (χ2v) is 5.34. The number of para-hydroxylation sites is 1. The summed E-state index contributed by atoms with van der Waals surface area (Å²) in [6, 6.07) is 9.62. The Hall–Kier alpha value is -1.65. The van der Waals surface area contributed by atoms with E-state index in [9.17, 15) is 10.2 Å². The van der Waals surface area contributed by atoms with E-state index in [1.165, 1.54) is 0 Å². The van der Waals surface area contributed by atoms with Gasteiger partial charge in [0.1, 0.15) is 5.82 Å². The zero-order chi connectivity index (χ0) is 14.0. The number of aliphatic hydroxyl groups is 2. The molecule has 0 radical (unpaired) electrons. The van der Waals surface area contributed by atoms with Gasteiger partial charge in [-0.2, -0.15) is 0 Å². The van der Waals surface area contributed by atoms with Crippen molar-refractivity contribution in [3.05, 3.63) is 35.9 Å². The fourth-order valence-corrected chi connectivity index (χ4v) is 1.95. The predicted octanol–water partition coefficient (Wildman–Crippen LogP) is 1.93. The monoisotopic (exact) mass is 260 g/mol. The van der Waals surface area contributed by atoms with Crippen molar-refractivity contribution in [3.63, 3.8) is 0 Å². The molecule has 102 valence electrons. The average molecular weight is 260 g/mol. The Morgan fingerprint density at radius 2 is 1.89 bits per heavy atom. The van der Waals surface area contributed by atoms with Crippen LogP contribution in [0.15, 0.2) is 30.3 Å². The molecule has 0 aliphatic carbocycles. The van der Waals surface area contributed by atoms with E-state index >= 15 is 0 Å². The van der Waals surface area contributed by atoms with Crippen LogP contribution in [0, 0.1) is 0 Å². The highest BCUT2D eigenvalue weighted by atomic mass is 16.3. The molecule has 0 fully saturated rings. The molecular formula is C15H20N2O2. The molecular weight excluding hydrogens is 240 g/mol. The maximum Gasteiger partial charge on any atom is 0.129 e. The van der Waals surface area contributed by atoms with Crippen molar-refractivity contribution in [1.82, 2.24) is 4.98 Å². The molecule has 4 heteroatoms. The quantitative estimate of drug-likeness (QED) is 0.882. The van der Waals surface area contributed by atoms with Crippen molar-refractivity contribution in [2.75, 3.05) is 18.6 Å². The maximum atomic E-state index is 9.51. The van der Waals surface area contributed by atoms with E-state index < -0.39 is 5.54 Å². The summed E-state index contributed by atoms with van der Waals surface area (Å²) >= 11 is 0. The normalized spacial score (nSPS) is 11.8. The summed E-state index contributed by atoms with van der Waals surface area (Å²) in [4.78, 5) is 6.53. The highest BCUT2D eigenvalue weighted by Crippen LogP contribution is 2.26. The van der Waals surface area contributed by atoms with E-state index in [0.29, 0.717) is 0 Å². The number of benzene rings is 1. The van der Waals surface area contributed by atoms with Crippen molar-refractivity contribution in [1.29, 1.82) is 0 Å². The Bertz CT molecular complexity index is 581. The fourth-order valence-electron chi connectivity index (χ4n) is 1.95. The van der Waals surface area contributed by atoms with E-state index in [1.807, 2.05) is 56.1 Å². The number of rotatable bonds is 4. The molecule has 0 aliphatic heterocycles. The third kappa shape index (κ3) is 2.55. The van der Waals surface area contributed by atoms with Crippen LogP contribution in [0.1, 0.15) is 19.4 Å². The maximum absolute atomic E-state index is 9.51. The Balaban J connectivity index is 2.56. The largest absolute Gasteiger partial charge is 0.394 e. The van der Waals surface area contributed by atoms with Gasteiger partial charge in [0.15, 0.2) is 0 Å². The zero-order valence-corrected chi connectivity index (χ0v) is 11.6. The molecule has 0 spiro atoms. The first kappa shape index (κ1) is 13.8. The van der Waals surface area contributed by atoms with E-state index in [1.54, 1.807) is 0 Å². The molecule has 2 N–H and O–H groups in total. The van der Waals surface area contributed by atoms with Crippen LogP contribution in [0.5, 0.6) is 0 Å². The number of anilines is 1. The molecule has 2 rings (SSSR count). The van der Waals surface area contributed by atoms with Gasteiger partial charge in [-0.25, -0.2) is 4.98 Å². The van der Waals surface area contributed by atoms with Crippen LogP contribution in [0.3, 0.4) is 0 Å². The summed E-state index contributed by atoms with van der Waals surface area (Å²) < 4.78 is 0. The van der Waals surface area contributed by atoms with Crippen LogP contribution < -0.4 is 4.90 Å². The first-order chi connectivity index (χ1) is 8.99. The Morgan fingerprint density at radius 1 is 1.21 bits per heavy atom. The zero-order valence-electron chi connectivity index (χ0n) is 11.6. The molecule has 0 amide bonds. The second kappa shape index (κ2) is 5.15. The Labute approximate surface area is 113 Å². The molecule has 0 unspecified atom stereocenters. The third-order valence-electron chi connectivity index (χ3n) is 3.60. The van der Waals surface area contributed by atoms with E-state index in [4.69, 9.17) is 0 Å². The summed E-state index contributed by atoms with van der Waals surface area (Å²) in [6.45, 7) is 3.90. The van der Waals surface area contributed by atoms with Crippen LogP contribution in [-0.4, -0.2) is 34.4 Å². The lowest BCUT2D eigenvalue weighted by Crippen LogP contribution is -2.44. The number of fused-ring (bicyclic) bond motifs is 1. The lowest BCUT2D eigenvalue weighted by molar-refractivity contribution is 0.215. The lowest BCUT2D eigenvalue weighted by Gasteiger charge is -2.35. The van der Waals surface area contributed by atoms with E-state index in [-0.39, 0.29) is 13.2 Å². The van der Waals surface area contributed by atoms with Gasteiger partial charge in [-0.15, -0.1) is 0 Å². The summed E-state index contributed by atoms with van der Waals surface area (Å²) in [5.74, 6) is 0.752. The lowest BCUT2D eigenvalue weighted by atomic mass is 10.0. The highest BCUT2D eigenvalue weighted by molar-refractivity contribution is 5.84. The third-order valence-corrected chi connectivity index (χ3v) is 3.60. The van der Waals surface area contributed by atoms with Gasteiger partial charge in [-0.05, 0) is 31.5 Å².